The van der Waals surface area contributed by atoms with E-state index in [9.17, 15) is 9.59 Å². The van der Waals surface area contributed by atoms with E-state index in [4.69, 9.17) is 16.3 Å². The van der Waals surface area contributed by atoms with Crippen molar-refractivity contribution in [3.63, 3.8) is 0 Å². The number of anilines is 2. The number of rotatable bonds is 6. The Morgan fingerprint density at radius 2 is 1.85 bits per heavy atom. The average Bonchev–Trinajstić information content (AvgIpc) is 2.69. The minimum Gasteiger partial charge on any atom is -0.378 e. The summed E-state index contributed by atoms with van der Waals surface area (Å²) in [5.41, 5.74) is 1.51. The first-order valence-electron chi connectivity index (χ1n) is 8.74. The van der Waals surface area contributed by atoms with Crippen LogP contribution in [0, 0.1) is 0 Å². The summed E-state index contributed by atoms with van der Waals surface area (Å²) >= 11 is 5.79. The number of hydrogen-bond donors (Lipinski definition) is 2. The maximum Gasteiger partial charge on any atom is 0.251 e. The van der Waals surface area contributed by atoms with Gasteiger partial charge in [0.2, 0.25) is 5.91 Å². The molecular weight excluding hydrogens is 368 g/mol. The van der Waals surface area contributed by atoms with E-state index in [-0.39, 0.29) is 24.8 Å². The Hall–Kier alpha value is -2.64. The van der Waals surface area contributed by atoms with Gasteiger partial charge in [0.25, 0.3) is 5.91 Å². The van der Waals surface area contributed by atoms with Crippen LogP contribution in [-0.2, 0) is 9.53 Å². The predicted molar refractivity (Wildman–Crippen MR) is 104 cm³/mol. The fraction of sp³-hybridized carbons (Fsp3) is 0.316. The number of nitrogens with one attached hydrogen (secondary N) is 2. The van der Waals surface area contributed by atoms with E-state index in [1.807, 2.05) is 6.07 Å². The lowest BCUT2D eigenvalue weighted by Crippen LogP contribution is -2.36. The topological polar surface area (TPSA) is 83.6 Å². The molecule has 2 N–H and O–H groups in total. The first-order valence-corrected chi connectivity index (χ1v) is 9.12. The second kappa shape index (κ2) is 9.34. The molecule has 0 radical (unpaired) electrons. The van der Waals surface area contributed by atoms with Crippen molar-refractivity contribution in [1.82, 2.24) is 10.3 Å². The lowest BCUT2D eigenvalue weighted by atomic mass is 10.2. The summed E-state index contributed by atoms with van der Waals surface area (Å²) in [6, 6.07) is 10.3. The van der Waals surface area contributed by atoms with Crippen molar-refractivity contribution < 1.29 is 14.3 Å². The van der Waals surface area contributed by atoms with Crippen LogP contribution in [0.5, 0.6) is 0 Å². The zero-order valence-corrected chi connectivity index (χ0v) is 15.5. The van der Waals surface area contributed by atoms with Gasteiger partial charge in [0.15, 0.2) is 0 Å². The summed E-state index contributed by atoms with van der Waals surface area (Å²) < 4.78 is 5.33. The van der Waals surface area contributed by atoms with Crippen LogP contribution in [-0.4, -0.2) is 49.6 Å². The number of benzene rings is 1. The van der Waals surface area contributed by atoms with Crippen molar-refractivity contribution in [1.29, 1.82) is 0 Å². The lowest BCUT2D eigenvalue weighted by molar-refractivity contribution is -0.116. The van der Waals surface area contributed by atoms with Crippen LogP contribution in [0.4, 0.5) is 11.5 Å². The Morgan fingerprint density at radius 1 is 1.11 bits per heavy atom. The molecular formula is C19H21ClN4O3. The Morgan fingerprint density at radius 3 is 2.52 bits per heavy atom. The molecule has 1 aromatic carbocycles. The van der Waals surface area contributed by atoms with Gasteiger partial charge in [-0.25, -0.2) is 4.98 Å². The number of carbonyl (C=O) groups excluding carboxylic acids is 2. The molecule has 142 valence electrons. The van der Waals surface area contributed by atoms with E-state index in [1.165, 1.54) is 0 Å². The fourth-order valence-corrected chi connectivity index (χ4v) is 2.79. The molecule has 0 bridgehead atoms. The average molecular weight is 389 g/mol. The normalized spacial score (nSPS) is 13.9. The number of amides is 2. The number of aromatic nitrogens is 1. The number of morpholine rings is 1. The van der Waals surface area contributed by atoms with E-state index >= 15 is 0 Å². The first-order chi connectivity index (χ1) is 13.1. The van der Waals surface area contributed by atoms with Gasteiger partial charge in [0, 0.05) is 36.6 Å². The Labute approximate surface area is 162 Å². The fourth-order valence-electron chi connectivity index (χ4n) is 2.67. The third-order valence-electron chi connectivity index (χ3n) is 4.14. The molecule has 1 aliphatic rings. The van der Waals surface area contributed by atoms with Crippen LogP contribution in [0.3, 0.4) is 0 Å². The summed E-state index contributed by atoms with van der Waals surface area (Å²) in [5.74, 6) is 0.0338. The summed E-state index contributed by atoms with van der Waals surface area (Å²) in [6.07, 6.45) is 1.90. The molecule has 0 spiro atoms. The molecule has 1 saturated heterocycles. The van der Waals surface area contributed by atoms with Crippen LogP contribution in [0.25, 0.3) is 0 Å². The molecule has 0 aliphatic carbocycles. The van der Waals surface area contributed by atoms with Crippen molar-refractivity contribution in [3.05, 3.63) is 53.2 Å². The molecule has 0 saturated carbocycles. The molecule has 0 atom stereocenters. The van der Waals surface area contributed by atoms with Crippen LogP contribution in [0.1, 0.15) is 16.8 Å². The molecule has 1 aliphatic heterocycles. The maximum absolute atomic E-state index is 12.0. The van der Waals surface area contributed by atoms with Gasteiger partial charge in [-0.1, -0.05) is 11.6 Å². The van der Waals surface area contributed by atoms with Crippen molar-refractivity contribution in [2.45, 2.75) is 6.42 Å². The standard InChI is InChI=1S/C19H21ClN4O3/c20-15-3-1-14(2-4-15)19(26)21-8-7-18(25)23-17-6-5-16(13-22-17)24-9-11-27-12-10-24/h1-6,13H,7-12H2,(H,21,26)(H,22,23,25). The van der Waals surface area contributed by atoms with Crippen LogP contribution < -0.4 is 15.5 Å². The molecule has 3 rings (SSSR count). The van der Waals surface area contributed by atoms with Gasteiger partial charge < -0.3 is 20.3 Å². The number of halogens is 1. The van der Waals surface area contributed by atoms with Gasteiger partial charge in [-0.05, 0) is 36.4 Å². The van der Waals surface area contributed by atoms with Crippen LogP contribution in [0.15, 0.2) is 42.6 Å². The number of hydrogen-bond acceptors (Lipinski definition) is 5. The predicted octanol–water partition coefficient (Wildman–Crippen LogP) is 2.33. The summed E-state index contributed by atoms with van der Waals surface area (Å²) in [5, 5.41) is 6.00. The monoisotopic (exact) mass is 388 g/mol. The highest BCUT2D eigenvalue weighted by Gasteiger charge is 2.12. The van der Waals surface area contributed by atoms with E-state index < -0.39 is 0 Å². The molecule has 2 heterocycles. The van der Waals surface area contributed by atoms with Gasteiger partial charge in [-0.15, -0.1) is 0 Å². The Balaban J connectivity index is 1.42. The zero-order valence-electron chi connectivity index (χ0n) is 14.8. The van der Waals surface area contributed by atoms with Crippen LogP contribution >= 0.6 is 11.6 Å². The van der Waals surface area contributed by atoms with E-state index in [0.29, 0.717) is 29.6 Å². The third kappa shape index (κ3) is 5.67. The SMILES string of the molecule is O=C(CCNC(=O)c1ccc(Cl)cc1)Nc1ccc(N2CCOCC2)cn1. The van der Waals surface area contributed by atoms with Crippen molar-refractivity contribution in [3.8, 4) is 0 Å². The van der Waals surface area contributed by atoms with E-state index in [0.717, 1.165) is 18.8 Å². The summed E-state index contributed by atoms with van der Waals surface area (Å²) in [7, 11) is 0. The molecule has 1 fully saturated rings. The quantitative estimate of drug-likeness (QED) is 0.793. The van der Waals surface area contributed by atoms with E-state index in [1.54, 1.807) is 36.5 Å². The molecule has 1 aromatic heterocycles. The minimum absolute atomic E-state index is 0.159. The van der Waals surface area contributed by atoms with Gasteiger partial charge in [0.1, 0.15) is 5.82 Å². The molecule has 27 heavy (non-hydrogen) atoms. The van der Waals surface area contributed by atoms with E-state index in [2.05, 4.69) is 20.5 Å². The van der Waals surface area contributed by atoms with Crippen molar-refractivity contribution >= 4 is 34.9 Å². The summed E-state index contributed by atoms with van der Waals surface area (Å²) in [4.78, 5) is 30.5. The minimum atomic E-state index is -0.243. The van der Waals surface area contributed by atoms with Gasteiger partial charge >= 0.3 is 0 Å². The number of carbonyl (C=O) groups is 2. The third-order valence-corrected chi connectivity index (χ3v) is 4.39. The second-order valence-corrected chi connectivity index (χ2v) is 6.50. The Kier molecular flexibility index (Phi) is 6.62. The highest BCUT2D eigenvalue weighted by atomic mass is 35.5. The highest BCUT2D eigenvalue weighted by Crippen LogP contribution is 2.16. The number of ether oxygens (including phenoxy) is 1. The molecule has 0 unspecified atom stereocenters. The highest BCUT2D eigenvalue weighted by molar-refractivity contribution is 6.30. The molecule has 8 heteroatoms. The van der Waals surface area contributed by atoms with Gasteiger partial charge in [0.05, 0.1) is 25.1 Å². The van der Waals surface area contributed by atoms with Crippen molar-refractivity contribution in [2.24, 2.45) is 0 Å². The molecule has 2 aromatic rings. The lowest BCUT2D eigenvalue weighted by Gasteiger charge is -2.28. The Bertz CT molecular complexity index is 775. The first kappa shape index (κ1) is 19.1. The maximum atomic E-state index is 12.0. The summed E-state index contributed by atoms with van der Waals surface area (Å²) in [6.45, 7) is 3.32. The molecule has 7 nitrogen and oxygen atoms in total. The smallest absolute Gasteiger partial charge is 0.251 e. The van der Waals surface area contributed by atoms with Crippen molar-refractivity contribution in [2.75, 3.05) is 43.1 Å². The van der Waals surface area contributed by atoms with Gasteiger partial charge in [-0.3, -0.25) is 9.59 Å². The molecule has 2 amide bonds. The zero-order chi connectivity index (χ0) is 19.1. The second-order valence-electron chi connectivity index (χ2n) is 6.06. The van der Waals surface area contributed by atoms with Crippen LogP contribution in [0.2, 0.25) is 5.02 Å². The number of pyridine rings is 1. The largest absolute Gasteiger partial charge is 0.378 e. The number of nitrogens with zero attached hydrogens (tertiary/aromatic N) is 2. The van der Waals surface area contributed by atoms with Gasteiger partial charge in [-0.2, -0.15) is 0 Å².